The number of benzene rings is 1. The number of anilines is 1. The van der Waals surface area contributed by atoms with Gasteiger partial charge in [0.1, 0.15) is 11.9 Å². The Morgan fingerprint density at radius 1 is 1.45 bits per heavy atom. The van der Waals surface area contributed by atoms with E-state index >= 15 is 0 Å². The monoisotopic (exact) mass is 316 g/mol. The molecule has 1 saturated heterocycles. The Kier molecular flexibility index (Phi) is 4.44. The van der Waals surface area contributed by atoms with Gasteiger partial charge in [-0.05, 0) is 6.07 Å². The van der Waals surface area contributed by atoms with Gasteiger partial charge in [0, 0.05) is 45.3 Å². The maximum Gasteiger partial charge on any atom is 0.267 e. The summed E-state index contributed by atoms with van der Waals surface area (Å²) in [6.07, 6.45) is -2.48. The molecular weight excluding hydrogens is 297 g/mol. The molecule has 1 N–H and O–H groups in total. The number of piperazine rings is 1. The Morgan fingerprint density at radius 2 is 2.27 bits per heavy atom. The zero-order chi connectivity index (χ0) is 15.7. The summed E-state index contributed by atoms with van der Waals surface area (Å²) in [5.74, 6) is -0.581. The number of ether oxygens (including phenoxy) is 2. The highest BCUT2D eigenvalue weighted by Gasteiger charge is 2.35. The fraction of sp³-hybridized carbons (Fsp3) is 0.600. The molecule has 2 heterocycles. The van der Waals surface area contributed by atoms with Crippen molar-refractivity contribution in [3.63, 3.8) is 0 Å². The Hall–Kier alpha value is -1.47. The van der Waals surface area contributed by atoms with Gasteiger partial charge in [-0.1, -0.05) is 0 Å². The molecular formula is C15H19F3N2O2. The molecule has 0 radical (unpaired) electrons. The van der Waals surface area contributed by atoms with Gasteiger partial charge in [0.25, 0.3) is 6.43 Å². The Balaban J connectivity index is 2.08. The standard InChI is InChI=1S/C15H19F3N2O2/c1-21-8-11-6-10-7-19-2-3-20(10)13-5-9(16)4-12(15(17)18)14(13)22-11/h4-5,10-11,15,19H,2-3,6-8H2,1H3/t10-,11-/m1/s1. The SMILES string of the molecule is COC[C@H]1C[C@@H]2CNCCN2c2cc(F)cc(C(F)F)c2O1. The van der Waals surface area contributed by atoms with Crippen molar-refractivity contribution in [3.05, 3.63) is 23.5 Å². The van der Waals surface area contributed by atoms with E-state index in [1.54, 1.807) is 7.11 Å². The molecule has 1 aromatic rings. The lowest BCUT2D eigenvalue weighted by atomic mass is 10.1. The summed E-state index contributed by atoms with van der Waals surface area (Å²) in [4.78, 5) is 1.97. The topological polar surface area (TPSA) is 33.7 Å². The first kappa shape index (κ1) is 15.4. The Bertz CT molecular complexity index is 542. The van der Waals surface area contributed by atoms with Gasteiger partial charge in [-0.15, -0.1) is 0 Å². The van der Waals surface area contributed by atoms with Crippen molar-refractivity contribution in [1.82, 2.24) is 5.32 Å². The van der Waals surface area contributed by atoms with Gasteiger partial charge in [-0.2, -0.15) is 0 Å². The predicted octanol–water partition coefficient (Wildman–Crippen LogP) is 2.34. The van der Waals surface area contributed by atoms with Crippen LogP contribution in [0.15, 0.2) is 12.1 Å². The first-order chi connectivity index (χ1) is 10.6. The van der Waals surface area contributed by atoms with E-state index in [0.29, 0.717) is 31.8 Å². The van der Waals surface area contributed by atoms with Crippen LogP contribution in [0.3, 0.4) is 0 Å². The van der Waals surface area contributed by atoms with Crippen LogP contribution in [-0.2, 0) is 4.74 Å². The molecule has 2 aliphatic rings. The lowest BCUT2D eigenvalue weighted by Crippen LogP contribution is -2.52. The van der Waals surface area contributed by atoms with Crippen molar-refractivity contribution in [2.75, 3.05) is 38.3 Å². The fourth-order valence-electron chi connectivity index (χ4n) is 3.20. The van der Waals surface area contributed by atoms with Crippen molar-refractivity contribution >= 4 is 5.69 Å². The van der Waals surface area contributed by atoms with Crippen molar-refractivity contribution in [1.29, 1.82) is 0 Å². The second-order valence-corrected chi connectivity index (χ2v) is 5.63. The number of halogens is 3. The zero-order valence-electron chi connectivity index (χ0n) is 12.3. The number of nitrogens with one attached hydrogen (secondary N) is 1. The third kappa shape index (κ3) is 2.87. The maximum absolute atomic E-state index is 13.8. The van der Waals surface area contributed by atoms with Crippen LogP contribution in [0.1, 0.15) is 18.4 Å². The Morgan fingerprint density at radius 3 is 3.00 bits per heavy atom. The molecule has 0 aromatic heterocycles. The molecule has 2 atom stereocenters. The van der Waals surface area contributed by atoms with Gasteiger partial charge in [0.2, 0.25) is 0 Å². The molecule has 1 fully saturated rings. The summed E-state index contributed by atoms with van der Waals surface area (Å²) >= 11 is 0. The number of methoxy groups -OCH3 is 1. The van der Waals surface area contributed by atoms with Gasteiger partial charge in [0.15, 0.2) is 5.75 Å². The molecule has 22 heavy (non-hydrogen) atoms. The molecule has 0 bridgehead atoms. The molecule has 1 aromatic carbocycles. The molecule has 7 heteroatoms. The minimum atomic E-state index is -2.79. The number of fused-ring (bicyclic) bond motifs is 3. The van der Waals surface area contributed by atoms with Crippen molar-refractivity contribution < 1.29 is 22.6 Å². The van der Waals surface area contributed by atoms with Crippen LogP contribution < -0.4 is 15.0 Å². The molecule has 0 saturated carbocycles. The summed E-state index contributed by atoms with van der Waals surface area (Å²) in [6.45, 7) is 2.38. The smallest absolute Gasteiger partial charge is 0.267 e. The maximum atomic E-state index is 13.8. The average Bonchev–Trinajstić information content (AvgIpc) is 2.63. The number of hydrogen-bond donors (Lipinski definition) is 1. The summed E-state index contributed by atoms with van der Waals surface area (Å²) < 4.78 is 51.3. The van der Waals surface area contributed by atoms with E-state index in [4.69, 9.17) is 9.47 Å². The number of nitrogens with zero attached hydrogens (tertiary/aromatic N) is 1. The quantitative estimate of drug-likeness (QED) is 0.928. The van der Waals surface area contributed by atoms with Crippen LogP contribution in [-0.4, -0.2) is 45.5 Å². The van der Waals surface area contributed by atoms with E-state index in [9.17, 15) is 13.2 Å². The molecule has 4 nitrogen and oxygen atoms in total. The molecule has 122 valence electrons. The van der Waals surface area contributed by atoms with Crippen molar-refractivity contribution in [2.24, 2.45) is 0 Å². The second kappa shape index (κ2) is 6.34. The summed E-state index contributed by atoms with van der Waals surface area (Å²) in [5.41, 5.74) is 0.0238. The average molecular weight is 316 g/mol. The summed E-state index contributed by atoms with van der Waals surface area (Å²) in [6, 6.07) is 2.22. The minimum Gasteiger partial charge on any atom is -0.485 e. The molecule has 0 aliphatic carbocycles. The Labute approximate surface area is 127 Å². The highest BCUT2D eigenvalue weighted by atomic mass is 19.3. The number of rotatable bonds is 3. The van der Waals surface area contributed by atoms with Crippen LogP contribution >= 0.6 is 0 Å². The van der Waals surface area contributed by atoms with Crippen LogP contribution in [0, 0.1) is 5.82 Å². The third-order valence-corrected chi connectivity index (χ3v) is 4.13. The lowest BCUT2D eigenvalue weighted by Gasteiger charge is -2.37. The molecule has 0 amide bonds. The fourth-order valence-corrected chi connectivity index (χ4v) is 3.20. The predicted molar refractivity (Wildman–Crippen MR) is 76.3 cm³/mol. The van der Waals surface area contributed by atoms with E-state index in [1.807, 2.05) is 4.90 Å². The molecule has 0 spiro atoms. The van der Waals surface area contributed by atoms with Crippen LogP contribution in [0.2, 0.25) is 0 Å². The van der Waals surface area contributed by atoms with E-state index in [0.717, 1.165) is 12.6 Å². The van der Waals surface area contributed by atoms with Crippen molar-refractivity contribution in [3.8, 4) is 5.75 Å². The highest BCUT2D eigenvalue weighted by Crippen LogP contribution is 2.42. The van der Waals surface area contributed by atoms with E-state index in [2.05, 4.69) is 5.32 Å². The highest BCUT2D eigenvalue weighted by molar-refractivity contribution is 5.64. The first-order valence-electron chi connectivity index (χ1n) is 7.34. The first-order valence-corrected chi connectivity index (χ1v) is 7.34. The third-order valence-electron chi connectivity index (χ3n) is 4.13. The van der Waals surface area contributed by atoms with Gasteiger partial charge in [-0.3, -0.25) is 0 Å². The molecule has 2 aliphatic heterocycles. The van der Waals surface area contributed by atoms with Gasteiger partial charge < -0.3 is 19.7 Å². The van der Waals surface area contributed by atoms with Gasteiger partial charge in [0.05, 0.1) is 17.9 Å². The second-order valence-electron chi connectivity index (χ2n) is 5.63. The summed E-state index contributed by atoms with van der Waals surface area (Å²) in [7, 11) is 1.55. The minimum absolute atomic E-state index is 0.0717. The van der Waals surface area contributed by atoms with Crippen LogP contribution in [0.4, 0.5) is 18.9 Å². The normalized spacial score (nSPS) is 24.5. The van der Waals surface area contributed by atoms with E-state index in [-0.39, 0.29) is 17.9 Å². The molecule has 0 unspecified atom stereocenters. The van der Waals surface area contributed by atoms with Crippen LogP contribution in [0.5, 0.6) is 5.75 Å². The van der Waals surface area contributed by atoms with Gasteiger partial charge >= 0.3 is 0 Å². The largest absolute Gasteiger partial charge is 0.485 e. The zero-order valence-corrected chi connectivity index (χ0v) is 12.3. The van der Waals surface area contributed by atoms with E-state index in [1.165, 1.54) is 6.07 Å². The van der Waals surface area contributed by atoms with Crippen LogP contribution in [0.25, 0.3) is 0 Å². The molecule has 3 rings (SSSR count). The lowest BCUT2D eigenvalue weighted by molar-refractivity contribution is 0.0696. The summed E-state index contributed by atoms with van der Waals surface area (Å²) in [5, 5.41) is 3.28. The van der Waals surface area contributed by atoms with Gasteiger partial charge in [-0.25, -0.2) is 13.2 Å². The number of hydrogen-bond acceptors (Lipinski definition) is 4. The van der Waals surface area contributed by atoms with Crippen molar-refractivity contribution in [2.45, 2.75) is 25.0 Å². The number of alkyl halides is 2. The van der Waals surface area contributed by atoms with E-state index < -0.39 is 17.8 Å².